The molecule has 14 heavy (non-hydrogen) atoms. The van der Waals surface area contributed by atoms with E-state index in [9.17, 15) is 0 Å². The molecule has 1 nitrogen and oxygen atoms in total. The second-order valence-corrected chi connectivity index (χ2v) is 4.11. The van der Waals surface area contributed by atoms with Crippen molar-refractivity contribution in [3.63, 3.8) is 0 Å². The van der Waals surface area contributed by atoms with Crippen molar-refractivity contribution in [2.24, 2.45) is 5.92 Å². The van der Waals surface area contributed by atoms with Gasteiger partial charge in [-0.05, 0) is 17.6 Å². The molecule has 1 heterocycles. The van der Waals surface area contributed by atoms with Crippen LogP contribution in [0.15, 0.2) is 42.7 Å². The minimum atomic E-state index is 0.303. The Labute approximate surface area is 85.4 Å². The molecule has 2 unspecified atom stereocenters. The van der Waals surface area contributed by atoms with Crippen LogP contribution in [0.4, 0.5) is 0 Å². The van der Waals surface area contributed by atoms with Crippen molar-refractivity contribution in [1.82, 2.24) is 0 Å². The van der Waals surface area contributed by atoms with Crippen LogP contribution in [0.5, 0.6) is 0 Å². The lowest BCUT2D eigenvalue weighted by Crippen LogP contribution is -2.21. The van der Waals surface area contributed by atoms with Crippen molar-refractivity contribution < 1.29 is 4.74 Å². The largest absolute Gasteiger partial charge is 0.497 e. The van der Waals surface area contributed by atoms with Gasteiger partial charge in [-0.2, -0.15) is 0 Å². The molecule has 0 aromatic heterocycles. The van der Waals surface area contributed by atoms with Gasteiger partial charge in [-0.3, -0.25) is 0 Å². The third-order valence-electron chi connectivity index (χ3n) is 2.72. The summed E-state index contributed by atoms with van der Waals surface area (Å²) in [5.41, 5.74) is 1.35. The molecule has 0 radical (unpaired) electrons. The zero-order valence-electron chi connectivity index (χ0n) is 8.68. The average Bonchev–Trinajstić information content (AvgIpc) is 2.67. The second kappa shape index (κ2) is 3.87. The lowest BCUT2D eigenvalue weighted by atomic mass is 9.88. The van der Waals surface area contributed by atoms with Crippen molar-refractivity contribution in [1.29, 1.82) is 0 Å². The Balaban J connectivity index is 2.22. The summed E-state index contributed by atoms with van der Waals surface area (Å²) in [5.74, 6) is 0.978. The van der Waals surface area contributed by atoms with E-state index in [1.165, 1.54) is 5.56 Å². The van der Waals surface area contributed by atoms with E-state index in [1.807, 2.05) is 12.3 Å². The smallest absolute Gasteiger partial charge is 0.110 e. The zero-order valence-corrected chi connectivity index (χ0v) is 8.68. The second-order valence-electron chi connectivity index (χ2n) is 4.11. The van der Waals surface area contributed by atoms with Gasteiger partial charge in [-0.15, -0.1) is 0 Å². The first-order chi connectivity index (χ1) is 6.79. The topological polar surface area (TPSA) is 9.23 Å². The molecular weight excluding hydrogens is 172 g/mol. The molecule has 0 spiro atoms. The molecule has 0 saturated carbocycles. The van der Waals surface area contributed by atoms with E-state index < -0.39 is 0 Å². The summed E-state index contributed by atoms with van der Waals surface area (Å²) in [6.07, 6.45) is 4.29. The van der Waals surface area contributed by atoms with Crippen LogP contribution < -0.4 is 0 Å². The molecule has 0 fully saturated rings. The summed E-state index contributed by atoms with van der Waals surface area (Å²) >= 11 is 0. The molecule has 0 aliphatic carbocycles. The van der Waals surface area contributed by atoms with Crippen LogP contribution in [0.1, 0.15) is 25.3 Å². The molecule has 0 saturated heterocycles. The van der Waals surface area contributed by atoms with Gasteiger partial charge in [0.05, 0.1) is 6.26 Å². The molecule has 1 aromatic carbocycles. The fourth-order valence-corrected chi connectivity index (χ4v) is 1.96. The van der Waals surface area contributed by atoms with Gasteiger partial charge in [-0.1, -0.05) is 44.2 Å². The predicted molar refractivity (Wildman–Crippen MR) is 58.0 cm³/mol. The Morgan fingerprint density at radius 2 is 1.86 bits per heavy atom. The number of ether oxygens (including phenoxy) is 1. The fourth-order valence-electron chi connectivity index (χ4n) is 1.96. The molecular formula is C13H16O. The SMILES string of the molecule is CC(C)C1OC=CC1c1ccccc1. The van der Waals surface area contributed by atoms with Gasteiger partial charge in [0.2, 0.25) is 0 Å². The average molecular weight is 188 g/mol. The first-order valence-corrected chi connectivity index (χ1v) is 5.16. The molecule has 1 aliphatic rings. The third kappa shape index (κ3) is 1.67. The van der Waals surface area contributed by atoms with E-state index in [0.717, 1.165) is 0 Å². The van der Waals surface area contributed by atoms with E-state index in [1.54, 1.807) is 0 Å². The molecule has 1 aromatic rings. The highest BCUT2D eigenvalue weighted by Crippen LogP contribution is 2.32. The highest BCUT2D eigenvalue weighted by atomic mass is 16.5. The van der Waals surface area contributed by atoms with Crippen LogP contribution in [0, 0.1) is 5.92 Å². The Morgan fingerprint density at radius 1 is 1.14 bits per heavy atom. The highest BCUT2D eigenvalue weighted by Gasteiger charge is 2.28. The molecule has 74 valence electrons. The number of hydrogen-bond donors (Lipinski definition) is 0. The zero-order chi connectivity index (χ0) is 9.97. The molecule has 1 aliphatic heterocycles. The minimum absolute atomic E-state index is 0.303. The summed E-state index contributed by atoms with van der Waals surface area (Å²) in [5, 5.41) is 0. The molecule has 0 amide bonds. The van der Waals surface area contributed by atoms with E-state index in [4.69, 9.17) is 4.74 Å². The minimum Gasteiger partial charge on any atom is -0.497 e. The number of hydrogen-bond acceptors (Lipinski definition) is 1. The summed E-state index contributed by atoms with van der Waals surface area (Å²) in [7, 11) is 0. The van der Waals surface area contributed by atoms with Crippen molar-refractivity contribution in [2.75, 3.05) is 0 Å². The van der Waals surface area contributed by atoms with Crippen LogP contribution in [0.2, 0.25) is 0 Å². The number of rotatable bonds is 2. The van der Waals surface area contributed by atoms with Crippen molar-refractivity contribution in [2.45, 2.75) is 25.9 Å². The van der Waals surface area contributed by atoms with Crippen LogP contribution in [0.25, 0.3) is 0 Å². The van der Waals surface area contributed by atoms with Crippen molar-refractivity contribution in [3.8, 4) is 0 Å². The molecule has 0 N–H and O–H groups in total. The lowest BCUT2D eigenvalue weighted by Gasteiger charge is -2.22. The summed E-state index contributed by atoms with van der Waals surface area (Å²) in [4.78, 5) is 0. The van der Waals surface area contributed by atoms with Gasteiger partial charge in [0, 0.05) is 5.92 Å². The highest BCUT2D eigenvalue weighted by molar-refractivity contribution is 5.26. The molecule has 0 bridgehead atoms. The van der Waals surface area contributed by atoms with Gasteiger partial charge >= 0.3 is 0 Å². The number of benzene rings is 1. The van der Waals surface area contributed by atoms with Crippen LogP contribution in [-0.2, 0) is 4.74 Å². The Hall–Kier alpha value is -1.24. The van der Waals surface area contributed by atoms with Crippen LogP contribution in [-0.4, -0.2) is 6.10 Å². The standard InChI is InChI=1S/C13H16O/c1-10(2)13-12(8-9-14-13)11-6-4-3-5-7-11/h3-10,12-13H,1-2H3. The van der Waals surface area contributed by atoms with Gasteiger partial charge in [-0.25, -0.2) is 0 Å². The van der Waals surface area contributed by atoms with E-state index >= 15 is 0 Å². The maximum atomic E-state index is 5.60. The first-order valence-electron chi connectivity index (χ1n) is 5.16. The van der Waals surface area contributed by atoms with Gasteiger partial charge in [0.1, 0.15) is 6.10 Å². The van der Waals surface area contributed by atoms with Crippen molar-refractivity contribution >= 4 is 0 Å². The normalized spacial score (nSPS) is 25.4. The monoisotopic (exact) mass is 188 g/mol. The summed E-state index contributed by atoms with van der Waals surface area (Å²) < 4.78 is 5.60. The van der Waals surface area contributed by atoms with E-state index in [2.05, 4.69) is 44.2 Å². The summed E-state index contributed by atoms with van der Waals surface area (Å²) in [6, 6.07) is 10.5. The quantitative estimate of drug-likeness (QED) is 0.691. The van der Waals surface area contributed by atoms with Gasteiger partial charge in [0.15, 0.2) is 0 Å². The molecule has 1 heteroatoms. The lowest BCUT2D eigenvalue weighted by molar-refractivity contribution is 0.111. The molecule has 2 atom stereocenters. The third-order valence-corrected chi connectivity index (χ3v) is 2.72. The maximum absolute atomic E-state index is 5.60. The Morgan fingerprint density at radius 3 is 2.50 bits per heavy atom. The van der Waals surface area contributed by atoms with Gasteiger partial charge < -0.3 is 4.74 Å². The van der Waals surface area contributed by atoms with Crippen molar-refractivity contribution in [3.05, 3.63) is 48.2 Å². The molecule has 2 rings (SSSR count). The first kappa shape index (κ1) is 9.32. The fraction of sp³-hybridized carbons (Fsp3) is 0.385. The van der Waals surface area contributed by atoms with E-state index in [-0.39, 0.29) is 0 Å². The Bertz CT molecular complexity index is 313. The van der Waals surface area contributed by atoms with Crippen LogP contribution >= 0.6 is 0 Å². The van der Waals surface area contributed by atoms with Gasteiger partial charge in [0.25, 0.3) is 0 Å². The maximum Gasteiger partial charge on any atom is 0.110 e. The Kier molecular flexibility index (Phi) is 2.58. The van der Waals surface area contributed by atoms with Crippen LogP contribution in [0.3, 0.4) is 0 Å². The van der Waals surface area contributed by atoms with E-state index in [0.29, 0.717) is 17.9 Å². The predicted octanol–water partition coefficient (Wildman–Crippen LogP) is 3.34. The summed E-state index contributed by atoms with van der Waals surface area (Å²) in [6.45, 7) is 4.40.